The van der Waals surface area contributed by atoms with Gasteiger partial charge in [0, 0.05) is 5.70 Å². The first kappa shape index (κ1) is 20.1. The Morgan fingerprint density at radius 1 is 1.10 bits per heavy atom. The number of aromatic nitrogens is 4. The van der Waals surface area contributed by atoms with Gasteiger partial charge in [-0.3, -0.25) is 4.79 Å². The number of ether oxygens (including phenoxy) is 2. The van der Waals surface area contributed by atoms with E-state index in [2.05, 4.69) is 26.2 Å². The Bertz CT molecular complexity index is 1170. The number of tetrazole rings is 1. The van der Waals surface area contributed by atoms with E-state index in [1.54, 1.807) is 49.4 Å². The zero-order valence-electron chi connectivity index (χ0n) is 17.1. The molecule has 31 heavy (non-hydrogen) atoms. The molecule has 3 aromatic rings. The van der Waals surface area contributed by atoms with Crippen LogP contribution in [-0.4, -0.2) is 46.3 Å². The van der Waals surface area contributed by atoms with Crippen LogP contribution in [0.5, 0.6) is 5.75 Å². The SMILES string of the molecule is COC(=O)c1ccc([C@@H]2C(C(=O)Nc3ccccc3OC)=C(C)Nc3nnnn32)cc1. The number of para-hydroxylation sites is 2. The number of carbonyl (C=O) groups excluding carboxylic acids is 2. The van der Waals surface area contributed by atoms with E-state index < -0.39 is 12.0 Å². The first-order valence-electron chi connectivity index (χ1n) is 9.41. The van der Waals surface area contributed by atoms with Gasteiger partial charge in [0.1, 0.15) is 11.8 Å². The van der Waals surface area contributed by atoms with Crippen molar-refractivity contribution < 1.29 is 19.1 Å². The molecule has 1 aliphatic rings. The minimum absolute atomic E-state index is 0.335. The second-order valence-electron chi connectivity index (χ2n) is 6.78. The molecule has 158 valence electrons. The lowest BCUT2D eigenvalue weighted by atomic mass is 9.94. The van der Waals surface area contributed by atoms with Crippen LogP contribution in [0, 0.1) is 0 Å². The van der Waals surface area contributed by atoms with Crippen molar-refractivity contribution in [2.24, 2.45) is 0 Å². The van der Waals surface area contributed by atoms with E-state index in [1.165, 1.54) is 18.9 Å². The molecule has 4 rings (SSSR count). The number of benzene rings is 2. The van der Waals surface area contributed by atoms with Crippen molar-refractivity contribution >= 4 is 23.5 Å². The van der Waals surface area contributed by atoms with Crippen molar-refractivity contribution in [1.82, 2.24) is 20.2 Å². The summed E-state index contributed by atoms with van der Waals surface area (Å²) in [4.78, 5) is 25.2. The Kier molecular flexibility index (Phi) is 5.35. The van der Waals surface area contributed by atoms with Crippen LogP contribution in [0.25, 0.3) is 0 Å². The summed E-state index contributed by atoms with van der Waals surface area (Å²) in [6, 6.07) is 13.3. The molecule has 0 spiro atoms. The summed E-state index contributed by atoms with van der Waals surface area (Å²) in [6.07, 6.45) is 0. The Morgan fingerprint density at radius 2 is 1.84 bits per heavy atom. The maximum Gasteiger partial charge on any atom is 0.337 e. The number of hydrogen-bond acceptors (Lipinski definition) is 8. The molecule has 0 fully saturated rings. The Hall–Kier alpha value is -4.21. The molecule has 0 saturated carbocycles. The average molecular weight is 420 g/mol. The minimum Gasteiger partial charge on any atom is -0.495 e. The van der Waals surface area contributed by atoms with Crippen LogP contribution in [0.4, 0.5) is 11.6 Å². The van der Waals surface area contributed by atoms with Crippen LogP contribution in [0.2, 0.25) is 0 Å². The van der Waals surface area contributed by atoms with E-state index in [4.69, 9.17) is 9.47 Å². The first-order valence-corrected chi connectivity index (χ1v) is 9.41. The molecule has 2 heterocycles. The molecule has 1 aliphatic heterocycles. The zero-order valence-corrected chi connectivity index (χ0v) is 17.1. The van der Waals surface area contributed by atoms with E-state index in [0.717, 1.165) is 5.56 Å². The molecular weight excluding hydrogens is 400 g/mol. The van der Waals surface area contributed by atoms with Crippen molar-refractivity contribution in [3.8, 4) is 5.75 Å². The minimum atomic E-state index is -0.604. The molecule has 0 bridgehead atoms. The van der Waals surface area contributed by atoms with Crippen LogP contribution in [-0.2, 0) is 9.53 Å². The molecule has 2 aromatic carbocycles. The smallest absolute Gasteiger partial charge is 0.337 e. The standard InChI is InChI=1S/C21H20N6O4/c1-12-17(19(28)23-15-6-4-5-7-16(15)30-2)18(27-21(22-12)24-25-26-27)13-8-10-14(11-9-13)20(29)31-3/h4-11,18H,1-3H3,(H,23,28)(H,22,24,26)/t18-/m1/s1. The summed E-state index contributed by atoms with van der Waals surface area (Å²) in [5.41, 5.74) is 2.70. The van der Waals surface area contributed by atoms with Gasteiger partial charge in [0.2, 0.25) is 5.95 Å². The van der Waals surface area contributed by atoms with Gasteiger partial charge in [0.05, 0.1) is 31.0 Å². The highest BCUT2D eigenvalue weighted by atomic mass is 16.5. The number of amides is 1. The van der Waals surface area contributed by atoms with Crippen molar-refractivity contribution in [3.63, 3.8) is 0 Å². The van der Waals surface area contributed by atoms with Crippen molar-refractivity contribution in [2.45, 2.75) is 13.0 Å². The van der Waals surface area contributed by atoms with E-state index in [0.29, 0.717) is 34.2 Å². The number of allylic oxidation sites excluding steroid dienone is 1. The third kappa shape index (κ3) is 3.70. The predicted octanol–water partition coefficient (Wildman–Crippen LogP) is 2.40. The van der Waals surface area contributed by atoms with Crippen LogP contribution in [0.1, 0.15) is 28.9 Å². The molecule has 0 aliphatic carbocycles. The van der Waals surface area contributed by atoms with Crippen LogP contribution in [0.3, 0.4) is 0 Å². The van der Waals surface area contributed by atoms with Gasteiger partial charge in [-0.15, -0.1) is 0 Å². The lowest BCUT2D eigenvalue weighted by Crippen LogP contribution is -2.31. The number of nitrogens with one attached hydrogen (secondary N) is 2. The molecule has 0 saturated heterocycles. The summed E-state index contributed by atoms with van der Waals surface area (Å²) in [7, 11) is 2.86. The van der Waals surface area contributed by atoms with Crippen molar-refractivity contribution in [3.05, 3.63) is 70.9 Å². The van der Waals surface area contributed by atoms with Gasteiger partial charge >= 0.3 is 5.97 Å². The Balaban J connectivity index is 1.74. The third-order valence-corrected chi connectivity index (χ3v) is 4.96. The van der Waals surface area contributed by atoms with Gasteiger partial charge in [-0.25, -0.2) is 4.79 Å². The summed E-state index contributed by atoms with van der Waals surface area (Å²) >= 11 is 0. The quantitative estimate of drug-likeness (QED) is 0.604. The molecule has 10 heteroatoms. The lowest BCUT2D eigenvalue weighted by molar-refractivity contribution is -0.113. The van der Waals surface area contributed by atoms with Gasteiger partial charge in [0.15, 0.2) is 0 Å². The second kappa shape index (κ2) is 8.27. The molecule has 10 nitrogen and oxygen atoms in total. The molecule has 0 unspecified atom stereocenters. The fourth-order valence-electron chi connectivity index (χ4n) is 3.47. The van der Waals surface area contributed by atoms with Gasteiger partial charge in [0.25, 0.3) is 5.91 Å². The fourth-order valence-corrected chi connectivity index (χ4v) is 3.47. The average Bonchev–Trinajstić information content (AvgIpc) is 3.26. The van der Waals surface area contributed by atoms with E-state index in [1.807, 2.05) is 6.07 Å². The van der Waals surface area contributed by atoms with Gasteiger partial charge in [-0.05, 0) is 47.2 Å². The lowest BCUT2D eigenvalue weighted by Gasteiger charge is -2.28. The summed E-state index contributed by atoms with van der Waals surface area (Å²) in [5, 5.41) is 17.7. The molecular formula is C21H20N6O4. The topological polar surface area (TPSA) is 120 Å². The maximum absolute atomic E-state index is 13.4. The number of anilines is 2. The normalized spacial score (nSPS) is 15.0. The highest BCUT2D eigenvalue weighted by Crippen LogP contribution is 2.35. The summed E-state index contributed by atoms with van der Waals surface area (Å²) < 4.78 is 11.6. The van der Waals surface area contributed by atoms with Crippen LogP contribution >= 0.6 is 0 Å². The number of rotatable bonds is 5. The Labute approximate surface area is 177 Å². The summed E-state index contributed by atoms with van der Waals surface area (Å²) in [5.74, 6) is 0.173. The monoisotopic (exact) mass is 420 g/mol. The van der Waals surface area contributed by atoms with Crippen LogP contribution < -0.4 is 15.4 Å². The molecule has 2 N–H and O–H groups in total. The van der Waals surface area contributed by atoms with E-state index >= 15 is 0 Å². The predicted molar refractivity (Wildman–Crippen MR) is 112 cm³/mol. The van der Waals surface area contributed by atoms with Gasteiger partial charge in [-0.2, -0.15) is 4.68 Å². The molecule has 1 amide bonds. The first-order chi connectivity index (χ1) is 15.0. The van der Waals surface area contributed by atoms with Gasteiger partial charge in [-0.1, -0.05) is 29.4 Å². The summed E-state index contributed by atoms with van der Waals surface area (Å²) in [6.45, 7) is 1.78. The molecule has 0 radical (unpaired) electrons. The zero-order chi connectivity index (χ0) is 22.0. The number of carbonyl (C=O) groups is 2. The second-order valence-corrected chi connectivity index (χ2v) is 6.78. The number of methoxy groups -OCH3 is 2. The molecule has 1 aromatic heterocycles. The number of fused-ring (bicyclic) bond motifs is 1. The number of esters is 1. The van der Waals surface area contributed by atoms with Crippen LogP contribution in [0.15, 0.2) is 59.8 Å². The van der Waals surface area contributed by atoms with Gasteiger partial charge < -0.3 is 20.1 Å². The third-order valence-electron chi connectivity index (χ3n) is 4.96. The van der Waals surface area contributed by atoms with Crippen molar-refractivity contribution in [2.75, 3.05) is 24.9 Å². The van der Waals surface area contributed by atoms with Crippen molar-refractivity contribution in [1.29, 1.82) is 0 Å². The highest BCUT2D eigenvalue weighted by Gasteiger charge is 2.34. The number of hydrogen-bond donors (Lipinski definition) is 2. The highest BCUT2D eigenvalue weighted by molar-refractivity contribution is 6.06. The molecule has 1 atom stereocenters. The Morgan fingerprint density at radius 3 is 2.55 bits per heavy atom. The number of nitrogens with zero attached hydrogens (tertiary/aromatic N) is 4. The van der Waals surface area contributed by atoms with E-state index in [-0.39, 0.29) is 5.91 Å². The largest absolute Gasteiger partial charge is 0.495 e. The van der Waals surface area contributed by atoms with E-state index in [9.17, 15) is 9.59 Å². The maximum atomic E-state index is 13.4. The fraction of sp³-hybridized carbons (Fsp3) is 0.190.